The molecule has 0 aliphatic carbocycles. The molecule has 4 heteroatoms. The molecule has 1 atom stereocenters. The second-order valence-corrected chi connectivity index (χ2v) is 6.80. The van der Waals surface area contributed by atoms with Gasteiger partial charge in [0.05, 0.1) is 0 Å². The Kier molecular flexibility index (Phi) is 6.97. The van der Waals surface area contributed by atoms with E-state index in [2.05, 4.69) is 16.7 Å². The lowest BCUT2D eigenvalue weighted by Gasteiger charge is -2.38. The Balaban J connectivity index is 1.78. The molecule has 2 saturated heterocycles. The van der Waals surface area contributed by atoms with Gasteiger partial charge in [0, 0.05) is 32.1 Å². The summed E-state index contributed by atoms with van der Waals surface area (Å²) in [7, 11) is 0. The minimum Gasteiger partial charge on any atom is -0.343 e. The summed E-state index contributed by atoms with van der Waals surface area (Å²) in [6.45, 7) is 7.04. The molecule has 2 N–H and O–H groups in total. The summed E-state index contributed by atoms with van der Waals surface area (Å²) in [5.74, 6) is 1.21. The topological polar surface area (TPSA) is 49.6 Å². The molecule has 0 aromatic heterocycles. The Labute approximate surface area is 130 Å². The second kappa shape index (κ2) is 8.74. The fraction of sp³-hybridized carbons (Fsp3) is 0.941. The van der Waals surface area contributed by atoms with Crippen LogP contribution in [0, 0.1) is 5.92 Å². The van der Waals surface area contributed by atoms with Gasteiger partial charge in [-0.15, -0.1) is 0 Å². The van der Waals surface area contributed by atoms with Crippen LogP contribution in [0.5, 0.6) is 0 Å². The third kappa shape index (κ3) is 4.96. The lowest BCUT2D eigenvalue weighted by atomic mass is 9.91. The molecule has 1 amide bonds. The number of likely N-dealkylation sites (tertiary alicyclic amines) is 2. The van der Waals surface area contributed by atoms with Gasteiger partial charge >= 0.3 is 0 Å². The Morgan fingerprint density at radius 3 is 2.38 bits per heavy atom. The minimum atomic E-state index is 0.252. The van der Waals surface area contributed by atoms with Gasteiger partial charge in [0.15, 0.2) is 0 Å². The molecule has 21 heavy (non-hydrogen) atoms. The molecule has 0 aromatic carbocycles. The summed E-state index contributed by atoms with van der Waals surface area (Å²) in [5.41, 5.74) is 5.96. The van der Waals surface area contributed by atoms with Gasteiger partial charge in [-0.05, 0) is 51.1 Å². The Hall–Kier alpha value is -0.610. The summed E-state index contributed by atoms with van der Waals surface area (Å²) >= 11 is 0. The van der Waals surface area contributed by atoms with Crippen molar-refractivity contribution < 1.29 is 4.79 Å². The number of carbonyl (C=O) groups excluding carboxylic acids is 1. The van der Waals surface area contributed by atoms with Crippen molar-refractivity contribution in [2.24, 2.45) is 11.7 Å². The summed E-state index contributed by atoms with van der Waals surface area (Å²) in [4.78, 5) is 16.9. The number of hydrogen-bond donors (Lipinski definition) is 1. The fourth-order valence-corrected chi connectivity index (χ4v) is 3.85. The van der Waals surface area contributed by atoms with E-state index in [4.69, 9.17) is 5.73 Å². The molecule has 4 nitrogen and oxygen atoms in total. The molecule has 0 radical (unpaired) electrons. The zero-order valence-electron chi connectivity index (χ0n) is 13.7. The van der Waals surface area contributed by atoms with E-state index in [0.717, 1.165) is 32.1 Å². The average Bonchev–Trinajstić information content (AvgIpc) is 2.54. The predicted octanol–water partition coefficient (Wildman–Crippen LogP) is 2.23. The van der Waals surface area contributed by atoms with Crippen molar-refractivity contribution in [3.05, 3.63) is 0 Å². The van der Waals surface area contributed by atoms with E-state index in [1.165, 1.54) is 44.9 Å². The predicted molar refractivity (Wildman–Crippen MR) is 87.1 cm³/mol. The van der Waals surface area contributed by atoms with E-state index in [1.807, 2.05) is 0 Å². The van der Waals surface area contributed by atoms with E-state index in [-0.39, 0.29) is 6.04 Å². The molecule has 0 bridgehead atoms. The lowest BCUT2D eigenvalue weighted by molar-refractivity contribution is -0.133. The monoisotopic (exact) mass is 295 g/mol. The highest BCUT2D eigenvalue weighted by atomic mass is 16.2. The van der Waals surface area contributed by atoms with Crippen molar-refractivity contribution in [2.75, 3.05) is 32.7 Å². The van der Waals surface area contributed by atoms with E-state index in [9.17, 15) is 4.79 Å². The van der Waals surface area contributed by atoms with Crippen LogP contribution in [0.3, 0.4) is 0 Å². The van der Waals surface area contributed by atoms with Gasteiger partial charge in [0.2, 0.25) is 5.91 Å². The summed E-state index contributed by atoms with van der Waals surface area (Å²) in [6.07, 6.45) is 9.43. The van der Waals surface area contributed by atoms with Crippen molar-refractivity contribution in [1.82, 2.24) is 9.80 Å². The first-order valence-corrected chi connectivity index (χ1v) is 8.96. The number of amides is 1. The van der Waals surface area contributed by atoms with E-state index >= 15 is 0 Å². The van der Waals surface area contributed by atoms with Crippen LogP contribution < -0.4 is 5.73 Å². The van der Waals surface area contributed by atoms with Gasteiger partial charge in [0.25, 0.3) is 0 Å². The fourth-order valence-electron chi connectivity index (χ4n) is 3.85. The second-order valence-electron chi connectivity index (χ2n) is 6.80. The molecule has 2 fully saturated rings. The molecule has 1 unspecified atom stereocenters. The maximum atomic E-state index is 12.4. The molecule has 2 aliphatic heterocycles. The molecule has 0 spiro atoms. The number of nitrogens with zero attached hydrogens (tertiary/aromatic N) is 2. The molecular formula is C17H33N3O. The molecule has 0 aromatic rings. The Morgan fingerprint density at radius 1 is 1.14 bits per heavy atom. The van der Waals surface area contributed by atoms with Crippen molar-refractivity contribution in [1.29, 1.82) is 0 Å². The number of hydrogen-bond acceptors (Lipinski definition) is 3. The average molecular weight is 295 g/mol. The van der Waals surface area contributed by atoms with Gasteiger partial charge in [-0.3, -0.25) is 9.69 Å². The minimum absolute atomic E-state index is 0.252. The van der Waals surface area contributed by atoms with Crippen LogP contribution >= 0.6 is 0 Å². The quantitative estimate of drug-likeness (QED) is 0.817. The normalized spacial score (nSPS) is 23.2. The van der Waals surface area contributed by atoms with Crippen molar-refractivity contribution >= 4 is 5.91 Å². The standard InChI is InChI=1S/C17H33N3O/c1-2-6-15-7-11-19(12-8-15)16(14-18)13-17(21)20-9-4-3-5-10-20/h15-16H,2-14,18H2,1H3. The smallest absolute Gasteiger partial charge is 0.224 e. The number of carbonyl (C=O) groups is 1. The highest BCUT2D eigenvalue weighted by Crippen LogP contribution is 2.24. The summed E-state index contributed by atoms with van der Waals surface area (Å²) in [6, 6.07) is 0.252. The maximum absolute atomic E-state index is 12.4. The highest BCUT2D eigenvalue weighted by Gasteiger charge is 2.27. The van der Waals surface area contributed by atoms with Crippen LogP contribution in [0.4, 0.5) is 0 Å². The summed E-state index contributed by atoms with van der Waals surface area (Å²) < 4.78 is 0. The zero-order valence-corrected chi connectivity index (χ0v) is 13.7. The summed E-state index contributed by atoms with van der Waals surface area (Å²) in [5, 5.41) is 0. The number of nitrogens with two attached hydrogens (primary N) is 1. The van der Waals surface area contributed by atoms with Gasteiger partial charge < -0.3 is 10.6 Å². The van der Waals surface area contributed by atoms with E-state index < -0.39 is 0 Å². The van der Waals surface area contributed by atoms with Gasteiger partial charge in [0.1, 0.15) is 0 Å². The first kappa shape index (κ1) is 16.8. The Bertz CT molecular complexity index is 307. The Morgan fingerprint density at radius 2 is 1.81 bits per heavy atom. The SMILES string of the molecule is CCCC1CCN(C(CN)CC(=O)N2CCCCC2)CC1. The van der Waals surface area contributed by atoms with Crippen LogP contribution in [-0.2, 0) is 4.79 Å². The first-order valence-electron chi connectivity index (χ1n) is 8.96. The number of piperidine rings is 2. The first-order chi connectivity index (χ1) is 10.2. The largest absolute Gasteiger partial charge is 0.343 e. The molecule has 0 saturated carbocycles. The molecule has 122 valence electrons. The van der Waals surface area contributed by atoms with Crippen molar-refractivity contribution in [3.8, 4) is 0 Å². The third-order valence-electron chi connectivity index (χ3n) is 5.25. The molecule has 2 rings (SSSR count). The van der Waals surface area contributed by atoms with Gasteiger partial charge in [-0.25, -0.2) is 0 Å². The third-order valence-corrected chi connectivity index (χ3v) is 5.25. The maximum Gasteiger partial charge on any atom is 0.224 e. The molecular weight excluding hydrogens is 262 g/mol. The van der Waals surface area contributed by atoms with Crippen LogP contribution in [0.1, 0.15) is 58.3 Å². The van der Waals surface area contributed by atoms with Crippen LogP contribution in [0.2, 0.25) is 0 Å². The van der Waals surface area contributed by atoms with Crippen molar-refractivity contribution in [2.45, 2.75) is 64.3 Å². The van der Waals surface area contributed by atoms with Crippen LogP contribution in [0.15, 0.2) is 0 Å². The van der Waals surface area contributed by atoms with Gasteiger partial charge in [-0.1, -0.05) is 19.8 Å². The number of rotatable bonds is 6. The van der Waals surface area contributed by atoms with E-state index in [1.54, 1.807) is 0 Å². The molecule has 2 heterocycles. The molecule has 2 aliphatic rings. The highest BCUT2D eigenvalue weighted by molar-refractivity contribution is 5.77. The van der Waals surface area contributed by atoms with Crippen LogP contribution in [-0.4, -0.2) is 54.5 Å². The van der Waals surface area contributed by atoms with Crippen LogP contribution in [0.25, 0.3) is 0 Å². The zero-order chi connectivity index (χ0) is 15.1. The van der Waals surface area contributed by atoms with Gasteiger partial charge in [-0.2, -0.15) is 0 Å². The van der Waals surface area contributed by atoms with E-state index in [0.29, 0.717) is 18.9 Å². The van der Waals surface area contributed by atoms with Crippen molar-refractivity contribution in [3.63, 3.8) is 0 Å². The lowest BCUT2D eigenvalue weighted by Crippen LogP contribution is -2.48.